The average molecular weight is 405 g/mol. The highest BCUT2D eigenvalue weighted by Gasteiger charge is 2.26. The molecule has 0 radical (unpaired) electrons. The first-order chi connectivity index (χ1) is 14.4. The highest BCUT2D eigenvalue weighted by atomic mass is 16.5. The molecule has 1 aliphatic heterocycles. The van der Waals surface area contributed by atoms with Crippen LogP contribution < -0.4 is 0 Å². The molecule has 0 aliphatic carbocycles. The molecule has 4 rings (SSSR count). The van der Waals surface area contributed by atoms with E-state index in [4.69, 9.17) is 11.2 Å². The third kappa shape index (κ3) is 3.36. The van der Waals surface area contributed by atoms with E-state index in [9.17, 15) is 15.0 Å². The maximum atomic E-state index is 12.8. The molecule has 1 aromatic carbocycles. The first kappa shape index (κ1) is 19.8. The minimum atomic E-state index is -0.372. The molecule has 1 aliphatic rings. The smallest absolute Gasteiger partial charge is 0.276 e. The van der Waals surface area contributed by atoms with Gasteiger partial charge in [-0.2, -0.15) is 0 Å². The number of aromatic nitrogens is 2. The van der Waals surface area contributed by atoms with Crippen LogP contribution in [0.15, 0.2) is 24.4 Å². The molecule has 3 aromatic rings. The van der Waals surface area contributed by atoms with Crippen LogP contribution >= 0.6 is 0 Å². The number of fused-ring (bicyclic) bond motifs is 1. The number of carbonyl (C=O) groups is 1. The van der Waals surface area contributed by atoms with E-state index < -0.39 is 0 Å². The molecular formula is C23H23N3O4. The first-order valence-corrected chi connectivity index (χ1v) is 9.73. The third-order valence-corrected chi connectivity index (χ3v) is 5.63. The lowest BCUT2D eigenvalue weighted by Gasteiger charge is -2.26. The Kier molecular flexibility index (Phi) is 5.10. The molecule has 1 fully saturated rings. The predicted molar refractivity (Wildman–Crippen MR) is 113 cm³/mol. The number of aromatic hydroxyl groups is 2. The Bertz CT molecular complexity index is 1180. The van der Waals surface area contributed by atoms with Gasteiger partial charge in [-0.1, -0.05) is 5.92 Å². The summed E-state index contributed by atoms with van der Waals surface area (Å²) in [6.45, 7) is 3.78. The van der Waals surface area contributed by atoms with Gasteiger partial charge in [-0.15, -0.1) is 6.42 Å². The van der Waals surface area contributed by atoms with Crippen LogP contribution in [-0.2, 0) is 18.2 Å². The molecule has 1 amide bonds. The number of ether oxygens (including phenoxy) is 1. The number of benzene rings is 1. The van der Waals surface area contributed by atoms with Crippen molar-refractivity contribution in [1.82, 2.24) is 14.5 Å². The van der Waals surface area contributed by atoms with Gasteiger partial charge in [0, 0.05) is 54.3 Å². The van der Waals surface area contributed by atoms with Crippen molar-refractivity contribution in [3.63, 3.8) is 0 Å². The number of morpholine rings is 1. The van der Waals surface area contributed by atoms with Crippen LogP contribution in [0.3, 0.4) is 0 Å². The monoisotopic (exact) mass is 405 g/mol. The van der Waals surface area contributed by atoms with Crippen LogP contribution in [-0.4, -0.2) is 56.9 Å². The molecule has 30 heavy (non-hydrogen) atoms. The zero-order valence-corrected chi connectivity index (χ0v) is 17.0. The van der Waals surface area contributed by atoms with Crippen LogP contribution in [0.4, 0.5) is 0 Å². The van der Waals surface area contributed by atoms with Gasteiger partial charge in [0.1, 0.15) is 5.75 Å². The number of amides is 1. The zero-order valence-electron chi connectivity index (χ0n) is 17.0. The Morgan fingerprint density at radius 3 is 2.70 bits per heavy atom. The predicted octanol–water partition coefficient (Wildman–Crippen LogP) is 2.34. The molecule has 7 nitrogen and oxygen atoms in total. The van der Waals surface area contributed by atoms with E-state index in [-0.39, 0.29) is 35.1 Å². The van der Waals surface area contributed by atoms with Gasteiger partial charge in [-0.05, 0) is 30.7 Å². The summed E-state index contributed by atoms with van der Waals surface area (Å²) in [5, 5.41) is 22.2. The van der Waals surface area contributed by atoms with Gasteiger partial charge < -0.3 is 24.4 Å². The number of carbonyl (C=O) groups excluding carboxylic acids is 1. The summed E-state index contributed by atoms with van der Waals surface area (Å²) in [7, 11) is 1.91. The van der Waals surface area contributed by atoms with E-state index in [1.807, 2.05) is 36.7 Å². The molecule has 0 spiro atoms. The molecule has 0 unspecified atom stereocenters. The normalized spacial score (nSPS) is 14.1. The number of nitrogens with zero attached hydrogens (tertiary/aromatic N) is 3. The number of rotatable bonds is 3. The fourth-order valence-corrected chi connectivity index (χ4v) is 3.87. The van der Waals surface area contributed by atoms with E-state index in [1.165, 1.54) is 6.20 Å². The minimum Gasteiger partial charge on any atom is -0.506 e. The van der Waals surface area contributed by atoms with Crippen molar-refractivity contribution in [1.29, 1.82) is 0 Å². The van der Waals surface area contributed by atoms with Crippen molar-refractivity contribution in [2.24, 2.45) is 7.05 Å². The Morgan fingerprint density at radius 1 is 1.27 bits per heavy atom. The second-order valence-corrected chi connectivity index (χ2v) is 7.47. The summed E-state index contributed by atoms with van der Waals surface area (Å²) >= 11 is 0. The average Bonchev–Trinajstić information content (AvgIpc) is 3.07. The highest BCUT2D eigenvalue weighted by molar-refractivity contribution is 5.95. The lowest BCUT2D eigenvalue weighted by molar-refractivity contribution is 0.0296. The van der Waals surface area contributed by atoms with Crippen LogP contribution in [0, 0.1) is 19.3 Å². The topological polar surface area (TPSA) is 87.8 Å². The maximum Gasteiger partial charge on any atom is 0.276 e. The lowest BCUT2D eigenvalue weighted by atomic mass is 10.1. The zero-order chi connectivity index (χ0) is 21.4. The standard InChI is InChI=1S/C23H23N3O4/c1-4-15-9-14(2)17-11-16(25(3)19(17)10-15)12-18-20(27)13-24-21(22(18)28)23(29)26-5-7-30-8-6-26/h1,9-11,13,27-28H,5-8,12H2,2-3H3. The summed E-state index contributed by atoms with van der Waals surface area (Å²) in [6, 6.07) is 5.89. The SMILES string of the molecule is C#Cc1cc(C)c2cc(Cc3c(O)cnc(C(=O)N4CCOCC4)c3O)n(C)c2c1. The van der Waals surface area contributed by atoms with Crippen molar-refractivity contribution < 1.29 is 19.7 Å². The quantitative estimate of drug-likeness (QED) is 0.653. The minimum absolute atomic E-state index is 0.0609. The van der Waals surface area contributed by atoms with Gasteiger partial charge >= 0.3 is 0 Å². The molecule has 154 valence electrons. The van der Waals surface area contributed by atoms with Crippen molar-refractivity contribution >= 4 is 16.8 Å². The molecule has 2 N–H and O–H groups in total. The maximum absolute atomic E-state index is 12.8. The number of hydrogen-bond donors (Lipinski definition) is 2. The van der Waals surface area contributed by atoms with E-state index in [1.54, 1.807) is 4.90 Å². The molecule has 3 heterocycles. The Balaban J connectivity index is 1.73. The molecular weight excluding hydrogens is 382 g/mol. The van der Waals surface area contributed by atoms with Crippen LogP contribution in [0.1, 0.15) is 32.9 Å². The largest absolute Gasteiger partial charge is 0.506 e. The fourth-order valence-electron chi connectivity index (χ4n) is 3.87. The highest BCUT2D eigenvalue weighted by Crippen LogP contribution is 2.33. The van der Waals surface area contributed by atoms with E-state index in [2.05, 4.69) is 10.9 Å². The Morgan fingerprint density at radius 2 is 2.00 bits per heavy atom. The Labute approximate surface area is 174 Å². The molecule has 0 atom stereocenters. The lowest BCUT2D eigenvalue weighted by Crippen LogP contribution is -2.41. The van der Waals surface area contributed by atoms with Gasteiger partial charge in [0.05, 0.1) is 19.4 Å². The Hall–Kier alpha value is -3.50. The number of hydrogen-bond acceptors (Lipinski definition) is 5. The molecule has 2 aromatic heterocycles. The summed E-state index contributed by atoms with van der Waals surface area (Å²) in [5.41, 5.74) is 3.88. The first-order valence-electron chi connectivity index (χ1n) is 9.73. The summed E-state index contributed by atoms with van der Waals surface area (Å²) in [5.74, 6) is 1.84. The van der Waals surface area contributed by atoms with Crippen LogP contribution in [0.25, 0.3) is 10.9 Å². The number of terminal acetylenes is 1. The van der Waals surface area contributed by atoms with E-state index in [0.29, 0.717) is 26.3 Å². The van der Waals surface area contributed by atoms with Crippen molar-refractivity contribution in [2.75, 3.05) is 26.3 Å². The van der Waals surface area contributed by atoms with Crippen LogP contribution in [0.5, 0.6) is 11.5 Å². The second-order valence-electron chi connectivity index (χ2n) is 7.47. The van der Waals surface area contributed by atoms with Crippen molar-refractivity contribution in [3.8, 4) is 23.8 Å². The van der Waals surface area contributed by atoms with E-state index in [0.717, 1.165) is 27.7 Å². The molecule has 1 saturated heterocycles. The van der Waals surface area contributed by atoms with Gasteiger partial charge in [-0.25, -0.2) is 4.98 Å². The van der Waals surface area contributed by atoms with Gasteiger partial charge in [0.2, 0.25) is 0 Å². The van der Waals surface area contributed by atoms with E-state index >= 15 is 0 Å². The van der Waals surface area contributed by atoms with Crippen molar-refractivity contribution in [3.05, 3.63) is 52.5 Å². The summed E-state index contributed by atoms with van der Waals surface area (Å²) in [6.07, 6.45) is 7.01. The molecule has 0 saturated carbocycles. The van der Waals surface area contributed by atoms with Gasteiger partial charge in [0.15, 0.2) is 11.4 Å². The summed E-state index contributed by atoms with van der Waals surface area (Å²) in [4.78, 5) is 18.4. The second kappa shape index (κ2) is 7.73. The van der Waals surface area contributed by atoms with Gasteiger partial charge in [-0.3, -0.25) is 4.79 Å². The molecule has 7 heteroatoms. The van der Waals surface area contributed by atoms with Gasteiger partial charge in [0.25, 0.3) is 5.91 Å². The number of pyridine rings is 1. The molecule has 0 bridgehead atoms. The number of aryl methyl sites for hydroxylation is 2. The van der Waals surface area contributed by atoms with Crippen molar-refractivity contribution in [2.45, 2.75) is 13.3 Å². The summed E-state index contributed by atoms with van der Waals surface area (Å²) < 4.78 is 7.25. The van der Waals surface area contributed by atoms with Crippen LogP contribution in [0.2, 0.25) is 0 Å². The third-order valence-electron chi connectivity index (χ3n) is 5.63. The fraction of sp³-hybridized carbons (Fsp3) is 0.304.